The van der Waals surface area contributed by atoms with Gasteiger partial charge < -0.3 is 15.1 Å². The molecule has 12 heteroatoms. The fourth-order valence-corrected chi connectivity index (χ4v) is 4.82. The lowest BCUT2D eigenvalue weighted by molar-refractivity contribution is 0.404. The summed E-state index contributed by atoms with van der Waals surface area (Å²) in [5.74, 6) is -0.402. The molecule has 3 aromatic rings. The highest BCUT2D eigenvalue weighted by molar-refractivity contribution is 7.27. The molecule has 2 heterocycles. The van der Waals surface area contributed by atoms with Crippen molar-refractivity contribution in [2.24, 2.45) is 9.98 Å². The molecule has 0 aliphatic carbocycles. The summed E-state index contributed by atoms with van der Waals surface area (Å²) in [6, 6.07) is 0. The number of amidine groups is 2. The standard InChI is InChI=1S/C17H9B5ClN3O2S/c1-3-24-16(25-17(23)26(3)2)6-12(27)9(20)7(18)4-5-8(19)10(21)13(28)11(22)15(5)29-14(4)6/h3,27-28H,1-2H3. The second kappa shape index (κ2) is 6.78. The van der Waals surface area contributed by atoms with Gasteiger partial charge in [0.2, 0.25) is 5.29 Å². The van der Waals surface area contributed by atoms with E-state index in [1.54, 1.807) is 11.9 Å². The number of thiophene rings is 1. The molecule has 4 rings (SSSR count). The molecular weight excluding hydrogens is 400 g/mol. The summed E-state index contributed by atoms with van der Waals surface area (Å²) in [5, 5.41) is 22.1. The molecule has 1 aliphatic rings. The first kappa shape index (κ1) is 20.3. The summed E-state index contributed by atoms with van der Waals surface area (Å²) in [4.78, 5) is 10.5. The van der Waals surface area contributed by atoms with Crippen LogP contribution in [-0.2, 0) is 0 Å². The Bertz CT molecular complexity index is 1290. The molecule has 1 aromatic heterocycles. The van der Waals surface area contributed by atoms with E-state index < -0.39 is 0 Å². The van der Waals surface area contributed by atoms with Gasteiger partial charge in [-0.15, -0.1) is 11.3 Å². The Morgan fingerprint density at radius 2 is 1.45 bits per heavy atom. The van der Waals surface area contributed by atoms with E-state index in [9.17, 15) is 10.2 Å². The van der Waals surface area contributed by atoms with Crippen LogP contribution in [-0.4, -0.2) is 78.7 Å². The van der Waals surface area contributed by atoms with Gasteiger partial charge in [-0.05, 0) is 34.8 Å². The van der Waals surface area contributed by atoms with E-state index in [1.165, 1.54) is 0 Å². The minimum absolute atomic E-state index is 0.0523. The normalized spacial score (nSPS) is 17.1. The fraction of sp³-hybridized carbons (Fsp3) is 0.176. The number of hydrogen-bond acceptors (Lipinski definition) is 6. The van der Waals surface area contributed by atoms with Crippen molar-refractivity contribution >= 4 is 121 Å². The van der Waals surface area contributed by atoms with Gasteiger partial charge in [0.1, 0.15) is 56.9 Å². The summed E-state index contributed by atoms with van der Waals surface area (Å²) in [7, 11) is 32.2. The van der Waals surface area contributed by atoms with Crippen LogP contribution in [0.4, 0.5) is 0 Å². The van der Waals surface area contributed by atoms with Crippen LogP contribution >= 0.6 is 22.9 Å². The first-order valence-corrected chi connectivity index (χ1v) is 9.62. The first-order chi connectivity index (χ1) is 13.6. The molecule has 1 unspecified atom stereocenters. The topological polar surface area (TPSA) is 68.4 Å². The van der Waals surface area contributed by atoms with Crippen LogP contribution in [0.1, 0.15) is 12.5 Å². The Hall–Kier alpha value is -1.99. The molecule has 132 valence electrons. The lowest BCUT2D eigenvalue weighted by atomic mass is 9.71. The van der Waals surface area contributed by atoms with Crippen molar-refractivity contribution in [2.45, 2.75) is 13.1 Å². The third kappa shape index (κ3) is 2.74. The molecule has 29 heavy (non-hydrogen) atoms. The number of halogens is 1. The van der Waals surface area contributed by atoms with Crippen LogP contribution in [0.3, 0.4) is 0 Å². The first-order valence-electron chi connectivity index (χ1n) is 8.42. The zero-order valence-electron chi connectivity index (χ0n) is 15.5. The van der Waals surface area contributed by atoms with E-state index >= 15 is 0 Å². The lowest BCUT2D eigenvalue weighted by Gasteiger charge is -2.26. The minimum atomic E-state index is -0.326. The maximum atomic E-state index is 10.8. The molecule has 0 saturated carbocycles. The second-order valence-electron chi connectivity index (χ2n) is 6.73. The zero-order chi connectivity index (χ0) is 21.4. The van der Waals surface area contributed by atoms with Crippen LogP contribution in [0.2, 0.25) is 0 Å². The van der Waals surface area contributed by atoms with E-state index in [1.807, 2.05) is 6.92 Å². The number of phenols is 2. The number of nitrogens with zero attached hydrogens (tertiary/aromatic N) is 3. The molecule has 0 amide bonds. The number of fused-ring (bicyclic) bond motifs is 3. The van der Waals surface area contributed by atoms with Gasteiger partial charge in [0.25, 0.3) is 0 Å². The molecule has 0 spiro atoms. The Kier molecular flexibility index (Phi) is 4.74. The van der Waals surface area contributed by atoms with E-state index in [-0.39, 0.29) is 61.7 Å². The smallest absolute Gasteiger partial charge is 0.202 e. The van der Waals surface area contributed by atoms with Gasteiger partial charge in [0, 0.05) is 16.4 Å². The predicted molar refractivity (Wildman–Crippen MR) is 127 cm³/mol. The van der Waals surface area contributed by atoms with Crippen LogP contribution < -0.4 is 27.3 Å². The average Bonchev–Trinajstić information content (AvgIpc) is 3.07. The maximum absolute atomic E-state index is 10.8. The van der Waals surface area contributed by atoms with Crippen molar-refractivity contribution in [2.75, 3.05) is 7.05 Å². The lowest BCUT2D eigenvalue weighted by Crippen LogP contribution is -2.36. The van der Waals surface area contributed by atoms with Crippen molar-refractivity contribution in [3.05, 3.63) is 5.56 Å². The second-order valence-corrected chi connectivity index (χ2v) is 8.09. The Morgan fingerprint density at radius 1 is 0.897 bits per heavy atom. The number of phenolic OH excluding ortho intramolecular Hbond substituents is 2. The molecule has 0 fully saturated rings. The summed E-state index contributed by atoms with van der Waals surface area (Å²) < 4.78 is 0.954. The molecule has 10 radical (unpaired) electrons. The quantitative estimate of drug-likeness (QED) is 0.364. The van der Waals surface area contributed by atoms with Crippen molar-refractivity contribution < 1.29 is 10.2 Å². The molecule has 2 N–H and O–H groups in total. The number of aliphatic imine (C=N–C) groups is 2. The van der Waals surface area contributed by atoms with E-state index in [2.05, 4.69) is 9.98 Å². The van der Waals surface area contributed by atoms with E-state index in [0.717, 1.165) is 11.3 Å². The SMILES string of the molecule is [B]c1c(O)c([B])c2sc3c(C4=NC(C)N(C)C(Cl)=N4)c(O)c([B])c([B])c3c2c1[B]. The van der Waals surface area contributed by atoms with Crippen molar-refractivity contribution in [1.29, 1.82) is 0 Å². The highest BCUT2D eigenvalue weighted by Gasteiger charge is 2.27. The fourth-order valence-electron chi connectivity index (χ4n) is 3.27. The van der Waals surface area contributed by atoms with E-state index in [0.29, 0.717) is 20.2 Å². The minimum Gasteiger partial charge on any atom is -0.509 e. The third-order valence-electron chi connectivity index (χ3n) is 5.08. The molecule has 5 nitrogen and oxygen atoms in total. The van der Waals surface area contributed by atoms with E-state index in [4.69, 9.17) is 50.8 Å². The maximum Gasteiger partial charge on any atom is 0.202 e. The van der Waals surface area contributed by atoms with Gasteiger partial charge >= 0.3 is 0 Å². The van der Waals surface area contributed by atoms with Gasteiger partial charge in [-0.1, -0.05) is 21.9 Å². The summed E-state index contributed by atoms with van der Waals surface area (Å²) >= 11 is 7.39. The molecule has 0 saturated heterocycles. The number of aromatic hydroxyl groups is 2. The van der Waals surface area contributed by atoms with Crippen LogP contribution in [0.15, 0.2) is 9.98 Å². The van der Waals surface area contributed by atoms with Gasteiger partial charge in [0.05, 0.1) is 5.56 Å². The predicted octanol–water partition coefficient (Wildman–Crippen LogP) is -1.93. The Morgan fingerprint density at radius 3 is 2.03 bits per heavy atom. The Balaban J connectivity index is 2.22. The van der Waals surface area contributed by atoms with Crippen molar-refractivity contribution in [1.82, 2.24) is 4.90 Å². The number of hydrogen-bond donors (Lipinski definition) is 2. The van der Waals surface area contributed by atoms with Gasteiger partial charge in [0.15, 0.2) is 5.84 Å². The third-order valence-corrected chi connectivity index (χ3v) is 6.68. The summed E-state index contributed by atoms with van der Waals surface area (Å²) in [6.45, 7) is 1.82. The van der Waals surface area contributed by atoms with Crippen LogP contribution in [0.25, 0.3) is 20.2 Å². The van der Waals surface area contributed by atoms with Crippen molar-refractivity contribution in [3.8, 4) is 11.5 Å². The highest BCUT2D eigenvalue weighted by Crippen LogP contribution is 2.37. The van der Waals surface area contributed by atoms with Gasteiger partial charge in [-0.2, -0.15) is 4.99 Å². The molecule has 0 bridgehead atoms. The van der Waals surface area contributed by atoms with Crippen molar-refractivity contribution in [3.63, 3.8) is 0 Å². The largest absolute Gasteiger partial charge is 0.509 e. The average molecular weight is 409 g/mol. The zero-order valence-corrected chi connectivity index (χ0v) is 17.1. The van der Waals surface area contributed by atoms with Crippen LogP contribution in [0.5, 0.6) is 11.5 Å². The molecule has 2 aromatic carbocycles. The van der Waals surface area contributed by atoms with Gasteiger partial charge in [-0.3, -0.25) is 0 Å². The summed E-state index contributed by atoms with van der Waals surface area (Å²) in [5.41, 5.74) is 0.409. The molecular formula is C17H9B5ClN3O2S. The van der Waals surface area contributed by atoms with Crippen LogP contribution in [0, 0.1) is 0 Å². The summed E-state index contributed by atoms with van der Waals surface area (Å²) in [6.07, 6.45) is -0.326. The highest BCUT2D eigenvalue weighted by atomic mass is 35.5. The molecule has 1 atom stereocenters. The number of benzene rings is 2. The monoisotopic (exact) mass is 409 g/mol. The number of rotatable bonds is 1. The molecule has 1 aliphatic heterocycles. The van der Waals surface area contributed by atoms with Gasteiger partial charge in [-0.25, -0.2) is 4.99 Å². The Labute approximate surface area is 182 Å².